The monoisotopic (exact) mass is 238 g/mol. The van der Waals surface area contributed by atoms with Gasteiger partial charge in [-0.25, -0.2) is 0 Å². The number of carbonyl (C=O) groups is 1. The largest absolute Gasteiger partial charge is 0.367 e. The van der Waals surface area contributed by atoms with Crippen molar-refractivity contribution < 1.29 is 9.53 Å². The molecule has 2 nitrogen and oxygen atoms in total. The van der Waals surface area contributed by atoms with E-state index in [-0.39, 0.29) is 18.0 Å². The maximum Gasteiger partial charge on any atom is 0.191 e. The van der Waals surface area contributed by atoms with Crippen molar-refractivity contribution in [2.45, 2.75) is 38.4 Å². The lowest BCUT2D eigenvalue weighted by atomic mass is 9.95. The molecule has 16 heavy (non-hydrogen) atoms. The van der Waals surface area contributed by atoms with Crippen molar-refractivity contribution in [3.05, 3.63) is 34.9 Å². The molecule has 1 aromatic carbocycles. The van der Waals surface area contributed by atoms with Crippen LogP contribution in [-0.2, 0) is 4.74 Å². The van der Waals surface area contributed by atoms with E-state index in [9.17, 15) is 4.79 Å². The lowest BCUT2D eigenvalue weighted by Crippen LogP contribution is -2.31. The molecule has 0 aromatic heterocycles. The van der Waals surface area contributed by atoms with Crippen molar-refractivity contribution in [3.8, 4) is 0 Å². The van der Waals surface area contributed by atoms with Crippen molar-refractivity contribution in [2.75, 3.05) is 0 Å². The summed E-state index contributed by atoms with van der Waals surface area (Å²) in [5.41, 5.74) is 0.624. The van der Waals surface area contributed by atoms with Crippen LogP contribution in [0.2, 0.25) is 5.02 Å². The van der Waals surface area contributed by atoms with Crippen LogP contribution in [-0.4, -0.2) is 18.0 Å². The van der Waals surface area contributed by atoms with Crippen molar-refractivity contribution >= 4 is 17.4 Å². The number of carbonyl (C=O) groups excluding carboxylic acids is 1. The molecule has 3 heteroatoms. The molecule has 1 atom stereocenters. The Hall–Kier alpha value is -0.860. The summed E-state index contributed by atoms with van der Waals surface area (Å²) in [5, 5.41) is 0.585. The number of ketones is 1. The maximum absolute atomic E-state index is 12.0. The Morgan fingerprint density at radius 3 is 2.81 bits per heavy atom. The molecule has 0 amide bonds. The van der Waals surface area contributed by atoms with E-state index in [4.69, 9.17) is 16.3 Å². The van der Waals surface area contributed by atoms with E-state index >= 15 is 0 Å². The lowest BCUT2D eigenvalue weighted by Gasteiger charge is -2.28. The number of Topliss-reactive ketones (excluding diaryl/α,β-unsaturated/α-hetero) is 1. The van der Waals surface area contributed by atoms with E-state index < -0.39 is 0 Å². The summed E-state index contributed by atoms with van der Waals surface area (Å²) in [6.07, 6.45) is 3.27. The van der Waals surface area contributed by atoms with Gasteiger partial charge in [0, 0.05) is 10.6 Å². The van der Waals surface area contributed by atoms with Gasteiger partial charge in [0.25, 0.3) is 0 Å². The molecular weight excluding hydrogens is 224 g/mol. The molecule has 0 heterocycles. The fourth-order valence-electron chi connectivity index (χ4n) is 1.73. The third-order valence-electron chi connectivity index (χ3n) is 2.93. The molecule has 86 valence electrons. The van der Waals surface area contributed by atoms with E-state index in [1.807, 2.05) is 6.92 Å². The Kier molecular flexibility index (Phi) is 3.62. The first-order valence-corrected chi connectivity index (χ1v) is 6.00. The van der Waals surface area contributed by atoms with Crippen LogP contribution in [0.4, 0.5) is 0 Å². The summed E-state index contributed by atoms with van der Waals surface area (Å²) >= 11 is 5.84. The zero-order valence-electron chi connectivity index (χ0n) is 9.28. The summed E-state index contributed by atoms with van der Waals surface area (Å²) in [4.78, 5) is 12.0. The Morgan fingerprint density at radius 1 is 1.50 bits per heavy atom. The molecular formula is C13H15ClO2. The van der Waals surface area contributed by atoms with Gasteiger partial charge in [-0.3, -0.25) is 4.79 Å². The summed E-state index contributed by atoms with van der Waals surface area (Å²) in [6.45, 7) is 1.81. The topological polar surface area (TPSA) is 26.3 Å². The molecule has 0 aliphatic heterocycles. The van der Waals surface area contributed by atoms with Gasteiger partial charge in [0.1, 0.15) is 6.10 Å². The van der Waals surface area contributed by atoms with Crippen molar-refractivity contribution in [1.82, 2.24) is 0 Å². The highest BCUT2D eigenvalue weighted by Crippen LogP contribution is 2.24. The molecule has 2 rings (SSSR count). The third kappa shape index (κ3) is 2.63. The molecule has 1 saturated carbocycles. The molecule has 1 aliphatic carbocycles. The summed E-state index contributed by atoms with van der Waals surface area (Å²) in [7, 11) is 0. The second kappa shape index (κ2) is 4.98. The first kappa shape index (κ1) is 11.6. The van der Waals surface area contributed by atoms with Crippen LogP contribution >= 0.6 is 11.6 Å². The average Bonchev–Trinajstić information content (AvgIpc) is 2.22. The summed E-state index contributed by atoms with van der Waals surface area (Å²) in [5.74, 6) is 0.00870. The molecule has 1 aromatic rings. The van der Waals surface area contributed by atoms with Gasteiger partial charge in [-0.1, -0.05) is 23.7 Å². The molecule has 0 saturated heterocycles. The summed E-state index contributed by atoms with van der Waals surface area (Å²) in [6, 6.07) is 7.00. The highest BCUT2D eigenvalue weighted by Gasteiger charge is 2.24. The van der Waals surface area contributed by atoms with Gasteiger partial charge in [0.2, 0.25) is 0 Å². The minimum absolute atomic E-state index is 0.00870. The SMILES string of the molecule is CC(OC1CCC1)C(=O)c1cccc(Cl)c1. The van der Waals surface area contributed by atoms with Gasteiger partial charge in [-0.15, -0.1) is 0 Å². The minimum atomic E-state index is -0.372. The number of rotatable bonds is 4. The maximum atomic E-state index is 12.0. The number of hydrogen-bond acceptors (Lipinski definition) is 2. The first-order valence-electron chi connectivity index (χ1n) is 5.62. The van der Waals surface area contributed by atoms with Gasteiger partial charge in [0.15, 0.2) is 5.78 Å². The Balaban J connectivity index is 2.00. The molecule has 1 fully saturated rings. The zero-order valence-corrected chi connectivity index (χ0v) is 10.0. The van der Waals surface area contributed by atoms with Crippen LogP contribution in [0.1, 0.15) is 36.5 Å². The highest BCUT2D eigenvalue weighted by atomic mass is 35.5. The van der Waals surface area contributed by atoms with Crippen LogP contribution < -0.4 is 0 Å². The van der Waals surface area contributed by atoms with E-state index in [2.05, 4.69) is 0 Å². The van der Waals surface area contributed by atoms with Crippen LogP contribution in [0.5, 0.6) is 0 Å². The standard InChI is InChI=1S/C13H15ClO2/c1-9(16-12-6-3-7-12)13(15)10-4-2-5-11(14)8-10/h2,4-5,8-9,12H,3,6-7H2,1H3. The lowest BCUT2D eigenvalue weighted by molar-refractivity contribution is -0.0313. The smallest absolute Gasteiger partial charge is 0.191 e. The Bertz CT molecular complexity index is 385. The van der Waals surface area contributed by atoms with Crippen molar-refractivity contribution in [1.29, 1.82) is 0 Å². The van der Waals surface area contributed by atoms with Crippen LogP contribution in [0.15, 0.2) is 24.3 Å². The second-order valence-electron chi connectivity index (χ2n) is 4.21. The fourth-order valence-corrected chi connectivity index (χ4v) is 1.92. The molecule has 0 N–H and O–H groups in total. The van der Waals surface area contributed by atoms with E-state index in [1.165, 1.54) is 6.42 Å². The van der Waals surface area contributed by atoms with Gasteiger partial charge in [-0.05, 0) is 38.3 Å². The Morgan fingerprint density at radius 2 is 2.25 bits per heavy atom. The molecule has 0 spiro atoms. The molecule has 0 radical (unpaired) electrons. The Labute approximate surface area is 101 Å². The average molecular weight is 239 g/mol. The molecule has 0 bridgehead atoms. The number of benzene rings is 1. The van der Waals surface area contributed by atoms with Gasteiger partial charge in [-0.2, -0.15) is 0 Å². The quantitative estimate of drug-likeness (QED) is 0.751. The fraction of sp³-hybridized carbons (Fsp3) is 0.462. The second-order valence-corrected chi connectivity index (χ2v) is 4.64. The number of halogens is 1. The van der Waals surface area contributed by atoms with Crippen LogP contribution in [0, 0.1) is 0 Å². The normalized spacial score (nSPS) is 17.9. The zero-order chi connectivity index (χ0) is 11.5. The highest BCUT2D eigenvalue weighted by molar-refractivity contribution is 6.31. The van der Waals surface area contributed by atoms with E-state index in [1.54, 1.807) is 24.3 Å². The molecule has 1 unspecified atom stereocenters. The number of ether oxygens (including phenoxy) is 1. The van der Waals surface area contributed by atoms with Crippen molar-refractivity contribution in [2.24, 2.45) is 0 Å². The predicted octanol–water partition coefficient (Wildman–Crippen LogP) is 3.48. The van der Waals surface area contributed by atoms with Crippen LogP contribution in [0.3, 0.4) is 0 Å². The van der Waals surface area contributed by atoms with E-state index in [0.717, 1.165) is 12.8 Å². The molecule has 1 aliphatic rings. The minimum Gasteiger partial charge on any atom is -0.367 e. The third-order valence-corrected chi connectivity index (χ3v) is 3.16. The van der Waals surface area contributed by atoms with Gasteiger partial charge >= 0.3 is 0 Å². The number of hydrogen-bond donors (Lipinski definition) is 0. The van der Waals surface area contributed by atoms with Crippen LogP contribution in [0.25, 0.3) is 0 Å². The van der Waals surface area contributed by atoms with Crippen molar-refractivity contribution in [3.63, 3.8) is 0 Å². The summed E-state index contributed by atoms with van der Waals surface area (Å²) < 4.78 is 5.65. The van der Waals surface area contributed by atoms with Gasteiger partial charge < -0.3 is 4.74 Å². The van der Waals surface area contributed by atoms with E-state index in [0.29, 0.717) is 10.6 Å². The first-order chi connectivity index (χ1) is 7.66. The predicted molar refractivity (Wildman–Crippen MR) is 64.0 cm³/mol. The van der Waals surface area contributed by atoms with Gasteiger partial charge in [0.05, 0.1) is 6.10 Å².